The lowest BCUT2D eigenvalue weighted by Crippen LogP contribution is -2.58. The van der Waals surface area contributed by atoms with Gasteiger partial charge in [-0.05, 0) is 36.8 Å². The summed E-state index contributed by atoms with van der Waals surface area (Å²) in [5.74, 6) is 0.734. The highest BCUT2D eigenvalue weighted by Gasteiger charge is 2.51. The summed E-state index contributed by atoms with van der Waals surface area (Å²) in [5.41, 5.74) is 9.08. The summed E-state index contributed by atoms with van der Waals surface area (Å²) >= 11 is 0. The molecule has 2 aliphatic rings. The first-order chi connectivity index (χ1) is 7.72. The SMILES string of the molecule is Cc1ccccc1C1(C2CC(N)C2)COC1. The Hall–Kier alpha value is -0.860. The number of hydrogen-bond acceptors (Lipinski definition) is 2. The standard InChI is InChI=1S/C14H19NO/c1-10-4-2-3-5-13(10)14(8-16-9-14)11-6-12(15)7-11/h2-5,11-12H,6-9,15H2,1H3. The fourth-order valence-electron chi connectivity index (χ4n) is 3.18. The lowest BCUT2D eigenvalue weighted by Gasteiger charge is -2.53. The number of ether oxygens (including phenoxy) is 1. The number of aryl methyl sites for hydroxylation is 1. The minimum absolute atomic E-state index is 0.279. The van der Waals surface area contributed by atoms with Crippen LogP contribution in [-0.2, 0) is 10.2 Å². The monoisotopic (exact) mass is 217 g/mol. The Morgan fingerprint density at radius 3 is 2.44 bits per heavy atom. The normalized spacial score (nSPS) is 31.6. The van der Waals surface area contributed by atoms with E-state index in [4.69, 9.17) is 10.5 Å². The number of rotatable bonds is 2. The number of nitrogens with two attached hydrogens (primary N) is 1. The molecule has 1 saturated heterocycles. The molecule has 0 bridgehead atoms. The molecule has 1 aromatic carbocycles. The molecule has 1 aromatic rings. The molecule has 0 spiro atoms. The second-order valence-electron chi connectivity index (χ2n) is 5.39. The maximum Gasteiger partial charge on any atom is 0.0588 e. The average Bonchev–Trinajstić information content (AvgIpc) is 2.16. The third kappa shape index (κ3) is 1.33. The third-order valence-electron chi connectivity index (χ3n) is 4.36. The molecule has 86 valence electrons. The molecule has 0 radical (unpaired) electrons. The summed E-state index contributed by atoms with van der Waals surface area (Å²) in [5, 5.41) is 0. The van der Waals surface area contributed by atoms with Crippen LogP contribution in [0.5, 0.6) is 0 Å². The highest BCUT2D eigenvalue weighted by molar-refractivity contribution is 5.37. The number of hydrogen-bond donors (Lipinski definition) is 1. The Morgan fingerprint density at radius 2 is 1.94 bits per heavy atom. The van der Waals surface area contributed by atoms with Crippen molar-refractivity contribution in [3.8, 4) is 0 Å². The lowest BCUT2D eigenvalue weighted by atomic mass is 9.58. The van der Waals surface area contributed by atoms with Crippen molar-refractivity contribution in [3.63, 3.8) is 0 Å². The first-order valence-electron chi connectivity index (χ1n) is 6.12. The predicted molar refractivity (Wildman–Crippen MR) is 64.4 cm³/mol. The van der Waals surface area contributed by atoms with Crippen molar-refractivity contribution in [2.24, 2.45) is 11.7 Å². The molecule has 2 N–H and O–H groups in total. The first-order valence-corrected chi connectivity index (χ1v) is 6.12. The van der Waals surface area contributed by atoms with Gasteiger partial charge in [-0.1, -0.05) is 24.3 Å². The molecule has 0 amide bonds. The van der Waals surface area contributed by atoms with E-state index in [2.05, 4.69) is 31.2 Å². The zero-order chi connectivity index (χ0) is 11.2. The average molecular weight is 217 g/mol. The molecule has 16 heavy (non-hydrogen) atoms. The van der Waals surface area contributed by atoms with Gasteiger partial charge in [-0.2, -0.15) is 0 Å². The second kappa shape index (κ2) is 3.57. The van der Waals surface area contributed by atoms with Crippen LogP contribution in [-0.4, -0.2) is 19.3 Å². The number of benzene rings is 1. The molecule has 2 heteroatoms. The van der Waals surface area contributed by atoms with E-state index in [9.17, 15) is 0 Å². The van der Waals surface area contributed by atoms with Gasteiger partial charge in [-0.25, -0.2) is 0 Å². The van der Waals surface area contributed by atoms with Crippen molar-refractivity contribution in [3.05, 3.63) is 35.4 Å². The van der Waals surface area contributed by atoms with E-state index in [-0.39, 0.29) is 5.41 Å². The van der Waals surface area contributed by atoms with Crippen molar-refractivity contribution in [1.82, 2.24) is 0 Å². The fraction of sp³-hybridized carbons (Fsp3) is 0.571. The van der Waals surface area contributed by atoms with Crippen molar-refractivity contribution in [2.45, 2.75) is 31.2 Å². The molecule has 0 aromatic heterocycles. The van der Waals surface area contributed by atoms with Gasteiger partial charge in [0, 0.05) is 11.5 Å². The second-order valence-corrected chi connectivity index (χ2v) is 5.39. The highest BCUT2D eigenvalue weighted by atomic mass is 16.5. The smallest absolute Gasteiger partial charge is 0.0588 e. The van der Waals surface area contributed by atoms with Crippen LogP contribution >= 0.6 is 0 Å². The van der Waals surface area contributed by atoms with Gasteiger partial charge in [0.2, 0.25) is 0 Å². The summed E-state index contributed by atoms with van der Waals surface area (Å²) in [6, 6.07) is 9.14. The summed E-state index contributed by atoms with van der Waals surface area (Å²) in [4.78, 5) is 0. The highest BCUT2D eigenvalue weighted by Crippen LogP contribution is 2.48. The van der Waals surface area contributed by atoms with E-state index < -0.39 is 0 Å². The maximum atomic E-state index is 5.92. The molecule has 1 heterocycles. The lowest BCUT2D eigenvalue weighted by molar-refractivity contribution is -0.111. The molecule has 2 nitrogen and oxygen atoms in total. The van der Waals surface area contributed by atoms with Crippen LogP contribution in [0.15, 0.2) is 24.3 Å². The van der Waals surface area contributed by atoms with Crippen LogP contribution in [0.25, 0.3) is 0 Å². The van der Waals surface area contributed by atoms with E-state index in [0.29, 0.717) is 6.04 Å². The van der Waals surface area contributed by atoms with E-state index in [1.165, 1.54) is 11.1 Å². The quantitative estimate of drug-likeness (QED) is 0.822. The Morgan fingerprint density at radius 1 is 1.25 bits per heavy atom. The van der Waals surface area contributed by atoms with E-state index in [1.54, 1.807) is 0 Å². The van der Waals surface area contributed by atoms with Crippen LogP contribution in [0.1, 0.15) is 24.0 Å². The summed E-state index contributed by atoms with van der Waals surface area (Å²) < 4.78 is 5.50. The van der Waals surface area contributed by atoms with Crippen LogP contribution in [0.3, 0.4) is 0 Å². The molecule has 1 aliphatic carbocycles. The van der Waals surface area contributed by atoms with Gasteiger partial charge in [0.15, 0.2) is 0 Å². The molecule has 3 rings (SSSR count). The van der Waals surface area contributed by atoms with Crippen LogP contribution in [0.4, 0.5) is 0 Å². The zero-order valence-corrected chi connectivity index (χ0v) is 9.78. The Labute approximate surface area is 96.8 Å². The Balaban J connectivity index is 1.93. The Bertz CT molecular complexity index is 391. The van der Waals surface area contributed by atoms with Gasteiger partial charge >= 0.3 is 0 Å². The molecular formula is C14H19NO. The van der Waals surface area contributed by atoms with Gasteiger partial charge < -0.3 is 10.5 Å². The van der Waals surface area contributed by atoms with E-state index in [1.807, 2.05) is 0 Å². The Kier molecular flexibility index (Phi) is 2.30. The van der Waals surface area contributed by atoms with Crippen molar-refractivity contribution < 1.29 is 4.74 Å². The summed E-state index contributed by atoms with van der Waals surface area (Å²) in [6.07, 6.45) is 2.33. The largest absolute Gasteiger partial charge is 0.379 e. The van der Waals surface area contributed by atoms with Crippen LogP contribution in [0, 0.1) is 12.8 Å². The van der Waals surface area contributed by atoms with Gasteiger partial charge in [0.05, 0.1) is 13.2 Å². The van der Waals surface area contributed by atoms with Crippen molar-refractivity contribution in [2.75, 3.05) is 13.2 Å². The fourth-order valence-corrected chi connectivity index (χ4v) is 3.18. The molecule has 2 fully saturated rings. The summed E-state index contributed by atoms with van der Waals surface area (Å²) in [6.45, 7) is 3.97. The predicted octanol–water partition coefficient (Wildman–Crippen LogP) is 2.00. The van der Waals surface area contributed by atoms with E-state index >= 15 is 0 Å². The molecule has 1 saturated carbocycles. The van der Waals surface area contributed by atoms with Crippen molar-refractivity contribution >= 4 is 0 Å². The maximum absolute atomic E-state index is 5.92. The third-order valence-corrected chi connectivity index (χ3v) is 4.36. The van der Waals surface area contributed by atoms with Crippen molar-refractivity contribution in [1.29, 1.82) is 0 Å². The molecular weight excluding hydrogens is 198 g/mol. The zero-order valence-electron chi connectivity index (χ0n) is 9.78. The summed E-state index contributed by atoms with van der Waals surface area (Å²) in [7, 11) is 0. The topological polar surface area (TPSA) is 35.2 Å². The van der Waals surface area contributed by atoms with Gasteiger partial charge in [-0.15, -0.1) is 0 Å². The van der Waals surface area contributed by atoms with Crippen LogP contribution < -0.4 is 5.73 Å². The van der Waals surface area contributed by atoms with E-state index in [0.717, 1.165) is 32.0 Å². The minimum Gasteiger partial charge on any atom is -0.379 e. The molecule has 0 atom stereocenters. The van der Waals surface area contributed by atoms with Gasteiger partial charge in [0.25, 0.3) is 0 Å². The van der Waals surface area contributed by atoms with Gasteiger partial charge in [-0.3, -0.25) is 0 Å². The first kappa shape index (κ1) is 10.3. The van der Waals surface area contributed by atoms with Crippen LogP contribution in [0.2, 0.25) is 0 Å². The minimum atomic E-state index is 0.279. The molecule has 0 unspecified atom stereocenters. The molecule has 1 aliphatic heterocycles. The van der Waals surface area contributed by atoms with Gasteiger partial charge in [0.1, 0.15) is 0 Å².